The predicted octanol–water partition coefficient (Wildman–Crippen LogP) is -1.01. The van der Waals surface area contributed by atoms with E-state index in [0.29, 0.717) is 0 Å². The van der Waals surface area contributed by atoms with Crippen molar-refractivity contribution in [2.45, 2.75) is 18.9 Å². The second-order valence-electron chi connectivity index (χ2n) is 4.14. The van der Waals surface area contributed by atoms with Crippen LogP contribution in [-0.4, -0.2) is 49.0 Å². The Bertz CT molecular complexity index is 207. The van der Waals surface area contributed by atoms with E-state index in [1.165, 1.54) is 7.05 Å². The first kappa shape index (κ1) is 11.4. The molecule has 2 atom stereocenters. The zero-order valence-electron chi connectivity index (χ0n) is 8.94. The number of rotatable bonds is 2. The highest BCUT2D eigenvalue weighted by molar-refractivity contribution is 5.81. The number of carbonyl (C=O) groups is 1. The zero-order chi connectivity index (χ0) is 10.7. The van der Waals surface area contributed by atoms with Crippen LogP contribution in [0.5, 0.6) is 0 Å². The highest BCUT2D eigenvalue weighted by atomic mass is 16.2. The largest absolute Gasteiger partial charge is 0.320 e. The molecular weight excluding hydrogens is 180 g/mol. The predicted molar refractivity (Wildman–Crippen MR) is 55.2 cm³/mol. The number of piperidine rings is 1. The van der Waals surface area contributed by atoms with E-state index in [4.69, 9.17) is 11.6 Å². The van der Waals surface area contributed by atoms with Gasteiger partial charge in [-0.1, -0.05) is 0 Å². The van der Waals surface area contributed by atoms with Gasteiger partial charge in [0.2, 0.25) is 0 Å². The third-order valence-electron chi connectivity index (χ3n) is 2.80. The number of carbonyl (C=O) groups excluding carboxylic acids is 1. The molecule has 5 nitrogen and oxygen atoms in total. The molecule has 1 aliphatic heterocycles. The zero-order valence-corrected chi connectivity index (χ0v) is 8.94. The minimum atomic E-state index is -0.451. The molecule has 1 saturated heterocycles. The summed E-state index contributed by atoms with van der Waals surface area (Å²) in [6, 6.07) is -0.451. The Morgan fingerprint density at radius 1 is 1.64 bits per heavy atom. The Morgan fingerprint density at radius 3 is 2.79 bits per heavy atom. The summed E-state index contributed by atoms with van der Waals surface area (Å²) in [4.78, 5) is 13.7. The van der Waals surface area contributed by atoms with Crippen LogP contribution in [0.3, 0.4) is 0 Å². The summed E-state index contributed by atoms with van der Waals surface area (Å²) >= 11 is 0. The number of nitrogens with zero attached hydrogens (tertiary/aromatic N) is 2. The van der Waals surface area contributed by atoms with Crippen molar-refractivity contribution in [1.82, 2.24) is 9.91 Å². The van der Waals surface area contributed by atoms with Gasteiger partial charge in [0.1, 0.15) is 0 Å². The second kappa shape index (κ2) is 4.72. The Hall–Kier alpha value is -0.650. The third-order valence-corrected chi connectivity index (χ3v) is 2.80. The van der Waals surface area contributed by atoms with Crippen molar-refractivity contribution in [3.8, 4) is 0 Å². The average Bonchev–Trinajstić information content (AvgIpc) is 2.15. The maximum Gasteiger partial charge on any atom is 0.253 e. The molecule has 0 radical (unpaired) electrons. The van der Waals surface area contributed by atoms with Crippen LogP contribution in [0, 0.1) is 5.92 Å². The van der Waals surface area contributed by atoms with Gasteiger partial charge in [-0.05, 0) is 32.4 Å². The molecule has 1 aliphatic rings. The Labute approximate surface area is 85.0 Å². The van der Waals surface area contributed by atoms with E-state index < -0.39 is 6.04 Å². The monoisotopic (exact) mass is 200 g/mol. The smallest absolute Gasteiger partial charge is 0.253 e. The van der Waals surface area contributed by atoms with Crippen molar-refractivity contribution >= 4 is 5.91 Å². The molecule has 0 aliphatic carbocycles. The first-order valence-electron chi connectivity index (χ1n) is 4.98. The van der Waals surface area contributed by atoms with Crippen molar-refractivity contribution in [2.24, 2.45) is 17.5 Å². The van der Waals surface area contributed by atoms with Gasteiger partial charge in [-0.2, -0.15) is 0 Å². The number of amides is 1. The number of hydrazine groups is 1. The van der Waals surface area contributed by atoms with Crippen molar-refractivity contribution in [2.75, 3.05) is 27.2 Å². The molecule has 5 heteroatoms. The van der Waals surface area contributed by atoms with Crippen molar-refractivity contribution < 1.29 is 4.79 Å². The van der Waals surface area contributed by atoms with E-state index in [0.717, 1.165) is 30.9 Å². The third kappa shape index (κ3) is 2.67. The number of nitrogens with two attached hydrogens (primary N) is 2. The minimum absolute atomic E-state index is 0.176. The van der Waals surface area contributed by atoms with Gasteiger partial charge in [-0.25, -0.2) is 5.84 Å². The number of likely N-dealkylation sites (tertiary alicyclic amines) is 1. The number of hydrogen-bond donors (Lipinski definition) is 2. The van der Waals surface area contributed by atoms with Gasteiger partial charge in [0, 0.05) is 13.6 Å². The van der Waals surface area contributed by atoms with Crippen LogP contribution >= 0.6 is 0 Å². The number of hydrogen-bond acceptors (Lipinski definition) is 4. The summed E-state index contributed by atoms with van der Waals surface area (Å²) in [5, 5.41) is 1.08. The fraction of sp³-hybridized carbons (Fsp3) is 0.889. The molecule has 0 saturated carbocycles. The fourth-order valence-corrected chi connectivity index (χ4v) is 1.94. The molecule has 1 heterocycles. The lowest BCUT2D eigenvalue weighted by atomic mass is 9.91. The van der Waals surface area contributed by atoms with Gasteiger partial charge in [0.25, 0.3) is 5.91 Å². The molecule has 0 aromatic rings. The molecule has 0 spiro atoms. The van der Waals surface area contributed by atoms with Gasteiger partial charge >= 0.3 is 0 Å². The molecule has 0 aromatic carbocycles. The maximum atomic E-state index is 11.5. The van der Waals surface area contributed by atoms with E-state index in [9.17, 15) is 4.79 Å². The number of likely N-dealkylation sites (N-methyl/N-ethyl adjacent to an activating group) is 1. The quantitative estimate of drug-likeness (QED) is 0.340. The molecule has 0 bridgehead atoms. The SMILES string of the molecule is CN1CCCC(C(N)C(=O)N(C)N)C1. The van der Waals surface area contributed by atoms with Gasteiger partial charge < -0.3 is 10.6 Å². The molecule has 4 N–H and O–H groups in total. The summed E-state index contributed by atoms with van der Waals surface area (Å²) in [7, 11) is 3.59. The van der Waals surface area contributed by atoms with Crippen LogP contribution < -0.4 is 11.6 Å². The molecule has 1 amide bonds. The fourth-order valence-electron chi connectivity index (χ4n) is 1.94. The van der Waals surface area contributed by atoms with E-state index >= 15 is 0 Å². The molecule has 0 aromatic heterocycles. The van der Waals surface area contributed by atoms with Crippen LogP contribution in [0.25, 0.3) is 0 Å². The van der Waals surface area contributed by atoms with Gasteiger partial charge in [0.15, 0.2) is 0 Å². The second-order valence-corrected chi connectivity index (χ2v) is 4.14. The van der Waals surface area contributed by atoms with E-state index in [2.05, 4.69) is 11.9 Å². The van der Waals surface area contributed by atoms with Crippen molar-refractivity contribution in [3.63, 3.8) is 0 Å². The highest BCUT2D eigenvalue weighted by Gasteiger charge is 2.29. The van der Waals surface area contributed by atoms with Crippen molar-refractivity contribution in [3.05, 3.63) is 0 Å². The minimum Gasteiger partial charge on any atom is -0.320 e. The Morgan fingerprint density at radius 2 is 2.29 bits per heavy atom. The molecule has 1 fully saturated rings. The van der Waals surface area contributed by atoms with E-state index in [1.54, 1.807) is 0 Å². The molecular formula is C9H20N4O. The highest BCUT2D eigenvalue weighted by Crippen LogP contribution is 2.18. The van der Waals surface area contributed by atoms with E-state index in [1.807, 2.05) is 0 Å². The van der Waals surface area contributed by atoms with Gasteiger partial charge in [-0.3, -0.25) is 9.80 Å². The Kier molecular flexibility index (Phi) is 3.86. The molecule has 14 heavy (non-hydrogen) atoms. The molecule has 82 valence electrons. The van der Waals surface area contributed by atoms with Crippen LogP contribution in [0.4, 0.5) is 0 Å². The standard InChI is InChI=1S/C9H20N4O/c1-12-5-3-4-7(6-12)8(10)9(14)13(2)11/h7-8H,3-6,10-11H2,1-2H3. The first-order valence-corrected chi connectivity index (χ1v) is 4.98. The van der Waals surface area contributed by atoms with E-state index in [-0.39, 0.29) is 11.8 Å². The first-order chi connectivity index (χ1) is 6.52. The van der Waals surface area contributed by atoms with Crippen LogP contribution in [0.1, 0.15) is 12.8 Å². The summed E-state index contributed by atoms with van der Waals surface area (Å²) in [5.41, 5.74) is 5.86. The lowest BCUT2D eigenvalue weighted by Crippen LogP contribution is -2.52. The van der Waals surface area contributed by atoms with Gasteiger partial charge in [-0.15, -0.1) is 0 Å². The molecule has 1 rings (SSSR count). The average molecular weight is 200 g/mol. The maximum absolute atomic E-state index is 11.5. The summed E-state index contributed by atoms with van der Waals surface area (Å²) in [6.07, 6.45) is 2.13. The summed E-state index contributed by atoms with van der Waals surface area (Å²) in [6.45, 7) is 1.98. The van der Waals surface area contributed by atoms with Crippen molar-refractivity contribution in [1.29, 1.82) is 0 Å². The summed E-state index contributed by atoms with van der Waals surface area (Å²) in [5.74, 6) is 5.44. The summed E-state index contributed by atoms with van der Waals surface area (Å²) < 4.78 is 0. The van der Waals surface area contributed by atoms with Gasteiger partial charge in [0.05, 0.1) is 6.04 Å². The van der Waals surface area contributed by atoms with Crippen LogP contribution in [-0.2, 0) is 4.79 Å². The van der Waals surface area contributed by atoms with Crippen LogP contribution in [0.2, 0.25) is 0 Å². The lowest BCUT2D eigenvalue weighted by Gasteiger charge is -2.33. The topological polar surface area (TPSA) is 75.6 Å². The Balaban J connectivity index is 2.51. The normalized spacial score (nSPS) is 25.9. The van der Waals surface area contributed by atoms with Crippen LogP contribution in [0.15, 0.2) is 0 Å². The molecule has 2 unspecified atom stereocenters. The lowest BCUT2D eigenvalue weighted by molar-refractivity contribution is -0.133.